The second-order valence-corrected chi connectivity index (χ2v) is 8.62. The molecule has 4 nitrogen and oxygen atoms in total. The molecule has 2 aromatic heterocycles. The van der Waals surface area contributed by atoms with E-state index in [1.807, 2.05) is 36.4 Å². The van der Waals surface area contributed by atoms with Gasteiger partial charge in [0.05, 0.1) is 15.6 Å². The molecule has 0 atom stereocenters. The number of hydrogen-bond acceptors (Lipinski definition) is 4. The fourth-order valence-corrected chi connectivity index (χ4v) is 4.64. The standard InChI is InChI=1S/C23H14BrFN2O2S/c24-16-9-10-20(29-13-14-5-1-2-6-17(14)25)15(11-16)12-21-22(28)27-19-8-4-3-7-18(19)26-23(27)30-21/h1-12H,13H2. The van der Waals surface area contributed by atoms with Crippen molar-refractivity contribution < 1.29 is 9.13 Å². The quantitative estimate of drug-likeness (QED) is 0.366. The maximum Gasteiger partial charge on any atom is 0.274 e. The van der Waals surface area contributed by atoms with Crippen LogP contribution < -0.4 is 14.8 Å². The molecular weight excluding hydrogens is 467 g/mol. The van der Waals surface area contributed by atoms with Crippen molar-refractivity contribution >= 4 is 49.3 Å². The highest BCUT2D eigenvalue weighted by Crippen LogP contribution is 2.25. The number of ether oxygens (including phenoxy) is 1. The van der Waals surface area contributed by atoms with Crippen LogP contribution in [-0.2, 0) is 6.61 Å². The predicted octanol–water partition coefficient (Wildman–Crippen LogP) is 4.94. The first-order chi connectivity index (χ1) is 14.6. The molecule has 0 aliphatic rings. The zero-order valence-corrected chi connectivity index (χ0v) is 17.9. The van der Waals surface area contributed by atoms with E-state index < -0.39 is 0 Å². The summed E-state index contributed by atoms with van der Waals surface area (Å²) in [7, 11) is 0. The van der Waals surface area contributed by atoms with Gasteiger partial charge in [-0.15, -0.1) is 0 Å². The molecule has 0 amide bonds. The van der Waals surface area contributed by atoms with Crippen molar-refractivity contribution in [3.05, 3.63) is 103 Å². The number of thiazole rings is 1. The number of hydrogen-bond donors (Lipinski definition) is 0. The van der Waals surface area contributed by atoms with E-state index in [-0.39, 0.29) is 18.0 Å². The monoisotopic (exact) mass is 480 g/mol. The fourth-order valence-electron chi connectivity index (χ4n) is 3.29. The summed E-state index contributed by atoms with van der Waals surface area (Å²) in [6.07, 6.45) is 1.79. The first-order valence-corrected chi connectivity index (χ1v) is 10.8. The molecule has 0 N–H and O–H groups in total. The molecule has 30 heavy (non-hydrogen) atoms. The molecule has 0 spiro atoms. The van der Waals surface area contributed by atoms with E-state index in [4.69, 9.17) is 4.74 Å². The van der Waals surface area contributed by atoms with Crippen molar-refractivity contribution in [3.63, 3.8) is 0 Å². The van der Waals surface area contributed by atoms with Crippen molar-refractivity contribution in [3.8, 4) is 5.75 Å². The Morgan fingerprint density at radius 3 is 2.77 bits per heavy atom. The maximum absolute atomic E-state index is 13.9. The van der Waals surface area contributed by atoms with Crippen LogP contribution in [0.3, 0.4) is 0 Å². The average molecular weight is 481 g/mol. The van der Waals surface area contributed by atoms with Crippen LogP contribution in [0.2, 0.25) is 0 Å². The lowest BCUT2D eigenvalue weighted by atomic mass is 10.2. The minimum atomic E-state index is -0.312. The molecule has 148 valence electrons. The molecule has 5 rings (SSSR count). The van der Waals surface area contributed by atoms with Gasteiger partial charge >= 0.3 is 0 Å². The van der Waals surface area contributed by atoms with E-state index in [1.165, 1.54) is 17.4 Å². The lowest BCUT2D eigenvalue weighted by Gasteiger charge is -2.10. The van der Waals surface area contributed by atoms with Gasteiger partial charge in [-0.2, -0.15) is 0 Å². The van der Waals surface area contributed by atoms with Gasteiger partial charge in [0.2, 0.25) is 0 Å². The molecule has 0 aliphatic heterocycles. The largest absolute Gasteiger partial charge is 0.488 e. The van der Waals surface area contributed by atoms with Gasteiger partial charge in [0.1, 0.15) is 18.2 Å². The topological polar surface area (TPSA) is 43.6 Å². The van der Waals surface area contributed by atoms with E-state index in [2.05, 4.69) is 20.9 Å². The summed E-state index contributed by atoms with van der Waals surface area (Å²) in [5.41, 5.74) is 2.66. The zero-order chi connectivity index (χ0) is 20.7. The van der Waals surface area contributed by atoms with Gasteiger partial charge in [-0.05, 0) is 42.5 Å². The van der Waals surface area contributed by atoms with E-state index >= 15 is 0 Å². The number of halogens is 2. The van der Waals surface area contributed by atoms with Gasteiger partial charge in [-0.1, -0.05) is 57.6 Å². The van der Waals surface area contributed by atoms with Crippen LogP contribution >= 0.6 is 27.3 Å². The van der Waals surface area contributed by atoms with Gasteiger partial charge in [0.15, 0.2) is 4.96 Å². The van der Waals surface area contributed by atoms with Crippen LogP contribution in [0.4, 0.5) is 4.39 Å². The normalized spacial score (nSPS) is 12.1. The van der Waals surface area contributed by atoms with Crippen LogP contribution in [0.25, 0.3) is 22.1 Å². The highest BCUT2D eigenvalue weighted by molar-refractivity contribution is 9.10. The molecule has 0 aliphatic carbocycles. The number of aromatic nitrogens is 2. The number of nitrogens with zero attached hydrogens (tertiary/aromatic N) is 2. The Morgan fingerprint density at radius 2 is 1.90 bits per heavy atom. The molecule has 3 aromatic carbocycles. The number of benzene rings is 3. The Labute approximate surface area is 183 Å². The minimum absolute atomic E-state index is 0.0950. The molecule has 2 heterocycles. The molecule has 0 saturated carbocycles. The van der Waals surface area contributed by atoms with Crippen LogP contribution in [0.5, 0.6) is 5.75 Å². The molecule has 0 radical (unpaired) electrons. The number of rotatable bonds is 4. The fraction of sp³-hybridized carbons (Fsp3) is 0.0435. The summed E-state index contributed by atoms with van der Waals surface area (Å²) in [4.78, 5) is 18.2. The lowest BCUT2D eigenvalue weighted by Crippen LogP contribution is -2.22. The molecular formula is C23H14BrFN2O2S. The van der Waals surface area contributed by atoms with Gasteiger partial charge in [0.25, 0.3) is 5.56 Å². The zero-order valence-electron chi connectivity index (χ0n) is 15.5. The van der Waals surface area contributed by atoms with Crippen LogP contribution in [-0.4, -0.2) is 9.38 Å². The van der Waals surface area contributed by atoms with Crippen LogP contribution in [0.1, 0.15) is 11.1 Å². The molecule has 0 fully saturated rings. The summed E-state index contributed by atoms with van der Waals surface area (Å²) in [5.74, 6) is 0.255. The summed E-state index contributed by atoms with van der Waals surface area (Å²) >= 11 is 4.80. The third-order valence-corrected chi connectivity index (χ3v) is 6.21. The number of imidazole rings is 1. The van der Waals surface area contributed by atoms with Crippen molar-refractivity contribution in [2.45, 2.75) is 6.61 Å². The Balaban J connectivity index is 1.58. The predicted molar refractivity (Wildman–Crippen MR) is 121 cm³/mol. The molecule has 7 heteroatoms. The Bertz CT molecular complexity index is 1510. The summed E-state index contributed by atoms with van der Waals surface area (Å²) in [5, 5.41) is 0. The average Bonchev–Trinajstić information content (AvgIpc) is 3.25. The van der Waals surface area contributed by atoms with Crippen molar-refractivity contribution in [2.24, 2.45) is 0 Å². The van der Waals surface area contributed by atoms with E-state index in [0.29, 0.717) is 20.8 Å². The number of fused-ring (bicyclic) bond motifs is 3. The minimum Gasteiger partial charge on any atom is -0.488 e. The smallest absolute Gasteiger partial charge is 0.274 e. The third-order valence-electron chi connectivity index (χ3n) is 4.74. The molecule has 0 bridgehead atoms. The maximum atomic E-state index is 13.9. The van der Waals surface area contributed by atoms with Crippen molar-refractivity contribution in [1.82, 2.24) is 9.38 Å². The summed E-state index contributed by atoms with van der Waals surface area (Å²) in [6, 6.07) is 19.6. The van der Waals surface area contributed by atoms with Gasteiger partial charge < -0.3 is 4.74 Å². The number of para-hydroxylation sites is 2. The van der Waals surface area contributed by atoms with Gasteiger partial charge in [0, 0.05) is 15.6 Å². The van der Waals surface area contributed by atoms with E-state index in [0.717, 1.165) is 21.1 Å². The molecule has 0 saturated heterocycles. The molecule has 0 unspecified atom stereocenters. The summed E-state index contributed by atoms with van der Waals surface area (Å²) < 4.78 is 22.8. The Kier molecular flexibility index (Phi) is 4.84. The van der Waals surface area contributed by atoms with Crippen molar-refractivity contribution in [1.29, 1.82) is 0 Å². The van der Waals surface area contributed by atoms with E-state index in [1.54, 1.807) is 34.7 Å². The summed E-state index contributed by atoms with van der Waals surface area (Å²) in [6.45, 7) is 0.0950. The van der Waals surface area contributed by atoms with Gasteiger partial charge in [-0.25, -0.2) is 13.8 Å². The first-order valence-electron chi connectivity index (χ1n) is 9.17. The van der Waals surface area contributed by atoms with E-state index in [9.17, 15) is 9.18 Å². The highest BCUT2D eigenvalue weighted by atomic mass is 79.9. The SMILES string of the molecule is O=c1c(=Cc2cc(Br)ccc2OCc2ccccc2F)sc2nc3ccccc3n12. The third kappa shape index (κ3) is 3.40. The van der Waals surface area contributed by atoms with Crippen LogP contribution in [0, 0.1) is 5.82 Å². The first kappa shape index (κ1) is 19.0. The molecule has 5 aromatic rings. The Morgan fingerprint density at radius 1 is 1.10 bits per heavy atom. The van der Waals surface area contributed by atoms with Crippen molar-refractivity contribution in [2.75, 3.05) is 0 Å². The Hall–Kier alpha value is -3.03. The second kappa shape index (κ2) is 7.66. The highest BCUT2D eigenvalue weighted by Gasteiger charge is 2.12. The lowest BCUT2D eigenvalue weighted by molar-refractivity contribution is 0.299. The van der Waals surface area contributed by atoms with Crippen LogP contribution in [0.15, 0.2) is 76.0 Å². The second-order valence-electron chi connectivity index (χ2n) is 6.70. The van der Waals surface area contributed by atoms with Gasteiger partial charge in [-0.3, -0.25) is 4.79 Å².